The summed E-state index contributed by atoms with van der Waals surface area (Å²) in [7, 11) is 0. The molecule has 0 radical (unpaired) electrons. The number of nitrogens with zero attached hydrogens (tertiary/aromatic N) is 4. The molecule has 4 aromatic rings. The second-order valence-electron chi connectivity index (χ2n) is 7.60. The van der Waals surface area contributed by atoms with Gasteiger partial charge in [0.25, 0.3) is 5.91 Å². The summed E-state index contributed by atoms with van der Waals surface area (Å²) in [5, 5.41) is 8.51. The third-order valence-electron chi connectivity index (χ3n) is 5.61. The van der Waals surface area contributed by atoms with Crippen molar-refractivity contribution in [2.45, 2.75) is 25.8 Å². The highest BCUT2D eigenvalue weighted by Gasteiger charge is 2.29. The number of nitrogens with one attached hydrogen (secondary N) is 1. The van der Waals surface area contributed by atoms with Crippen molar-refractivity contribution >= 4 is 22.8 Å². The van der Waals surface area contributed by atoms with E-state index >= 15 is 0 Å². The van der Waals surface area contributed by atoms with Gasteiger partial charge in [-0.15, -0.1) is 5.10 Å². The predicted molar refractivity (Wildman–Crippen MR) is 112 cm³/mol. The van der Waals surface area contributed by atoms with E-state index < -0.39 is 0 Å². The van der Waals surface area contributed by atoms with Crippen LogP contribution in [0.4, 0.5) is 5.95 Å². The third kappa shape index (κ3) is 3.38. The van der Waals surface area contributed by atoms with E-state index in [0.717, 1.165) is 29.7 Å². The number of pyridine rings is 1. The molecule has 1 amide bonds. The number of anilines is 1. The molecule has 1 aliphatic heterocycles. The number of fused-ring (bicyclic) bond motifs is 2. The number of amides is 1. The Morgan fingerprint density at radius 2 is 1.90 bits per heavy atom. The number of aromatic nitrogens is 4. The predicted octanol–water partition coefficient (Wildman–Crippen LogP) is 4.05. The molecule has 1 N–H and O–H groups in total. The fourth-order valence-corrected chi connectivity index (χ4v) is 4.01. The van der Waals surface area contributed by atoms with Crippen LogP contribution in [0.15, 0.2) is 66.9 Å². The Kier molecular flexibility index (Phi) is 4.31. The van der Waals surface area contributed by atoms with Gasteiger partial charge in [-0.2, -0.15) is 4.98 Å². The molecule has 0 saturated heterocycles. The van der Waals surface area contributed by atoms with E-state index in [9.17, 15) is 4.79 Å². The molecule has 5 rings (SSSR count). The molecule has 1 aliphatic rings. The molecule has 0 spiro atoms. The minimum Gasteiger partial charge on any atom is -0.289 e. The first-order valence-corrected chi connectivity index (χ1v) is 9.82. The first kappa shape index (κ1) is 17.6. The Balaban J connectivity index is 1.39. The van der Waals surface area contributed by atoms with E-state index in [1.54, 1.807) is 12.1 Å². The van der Waals surface area contributed by atoms with Crippen LogP contribution in [-0.4, -0.2) is 25.7 Å². The summed E-state index contributed by atoms with van der Waals surface area (Å²) in [4.78, 5) is 21.6. The van der Waals surface area contributed by atoms with Crippen molar-refractivity contribution in [1.29, 1.82) is 0 Å². The number of benzene rings is 2. The molecule has 6 nitrogen and oxygen atoms in total. The lowest BCUT2D eigenvalue weighted by Crippen LogP contribution is -2.27. The van der Waals surface area contributed by atoms with Gasteiger partial charge in [0.2, 0.25) is 5.95 Å². The highest BCUT2D eigenvalue weighted by molar-refractivity contribution is 6.03. The van der Waals surface area contributed by atoms with Crippen LogP contribution in [0.2, 0.25) is 0 Å². The molecule has 2 aromatic carbocycles. The normalized spacial score (nSPS) is 18.4. The molecule has 2 aromatic heterocycles. The van der Waals surface area contributed by atoms with E-state index in [4.69, 9.17) is 0 Å². The number of carbonyl (C=O) groups excluding carboxylic acids is 1. The van der Waals surface area contributed by atoms with Gasteiger partial charge in [0.15, 0.2) is 0 Å². The molecule has 0 bridgehead atoms. The number of hydrogen-bond donors (Lipinski definition) is 1. The molecule has 3 heterocycles. The van der Waals surface area contributed by atoms with Gasteiger partial charge < -0.3 is 0 Å². The molecule has 144 valence electrons. The molecule has 2 atom stereocenters. The van der Waals surface area contributed by atoms with Gasteiger partial charge in [0.1, 0.15) is 5.82 Å². The zero-order valence-corrected chi connectivity index (χ0v) is 16.1. The molecule has 6 heteroatoms. The highest BCUT2D eigenvalue weighted by atomic mass is 16.1. The van der Waals surface area contributed by atoms with Crippen LogP contribution in [-0.2, 0) is 13.0 Å². The van der Waals surface area contributed by atoms with Gasteiger partial charge in [-0.1, -0.05) is 43.3 Å². The zero-order chi connectivity index (χ0) is 19.8. The summed E-state index contributed by atoms with van der Waals surface area (Å²) < 4.78 is 1.92. The molecule has 29 heavy (non-hydrogen) atoms. The molecule has 2 unspecified atom stereocenters. The topological polar surface area (TPSA) is 72.7 Å². The lowest BCUT2D eigenvalue weighted by Gasteiger charge is -2.29. The monoisotopic (exact) mass is 383 g/mol. The minimum atomic E-state index is -0.197. The van der Waals surface area contributed by atoms with E-state index in [2.05, 4.69) is 39.4 Å². The fraction of sp³-hybridized carbons (Fsp3) is 0.217. The van der Waals surface area contributed by atoms with Crippen molar-refractivity contribution < 1.29 is 4.79 Å². The second kappa shape index (κ2) is 7.13. The molecular weight excluding hydrogens is 362 g/mol. The Bertz CT molecular complexity index is 1180. The summed E-state index contributed by atoms with van der Waals surface area (Å²) in [6, 6.07) is 19.5. The largest absolute Gasteiger partial charge is 0.289 e. The van der Waals surface area contributed by atoms with Crippen LogP contribution in [0, 0.1) is 5.92 Å². The van der Waals surface area contributed by atoms with Crippen LogP contribution in [0.5, 0.6) is 0 Å². The number of para-hydroxylation sites is 1. The lowest BCUT2D eigenvalue weighted by molar-refractivity contribution is 0.102. The fourth-order valence-electron chi connectivity index (χ4n) is 4.01. The Hall–Kier alpha value is -3.54. The molecule has 0 fully saturated rings. The summed E-state index contributed by atoms with van der Waals surface area (Å²) in [6.07, 6.45) is 2.79. The molecule has 0 saturated carbocycles. The number of carbonyl (C=O) groups is 1. The van der Waals surface area contributed by atoms with Crippen molar-refractivity contribution in [2.24, 2.45) is 5.92 Å². The lowest BCUT2D eigenvalue weighted by atomic mass is 9.83. The summed E-state index contributed by atoms with van der Waals surface area (Å²) in [5.41, 5.74) is 2.81. The van der Waals surface area contributed by atoms with Crippen LogP contribution in [0.25, 0.3) is 10.9 Å². The van der Waals surface area contributed by atoms with Crippen LogP contribution in [0.1, 0.15) is 34.6 Å². The van der Waals surface area contributed by atoms with Crippen molar-refractivity contribution in [1.82, 2.24) is 19.7 Å². The maximum atomic E-state index is 12.4. The van der Waals surface area contributed by atoms with Crippen molar-refractivity contribution in [2.75, 3.05) is 5.32 Å². The van der Waals surface area contributed by atoms with Crippen molar-refractivity contribution in [3.63, 3.8) is 0 Å². The summed E-state index contributed by atoms with van der Waals surface area (Å²) in [6.45, 7) is 2.96. The smallest absolute Gasteiger partial charge is 0.258 e. The minimum absolute atomic E-state index is 0.197. The Morgan fingerprint density at radius 3 is 2.76 bits per heavy atom. The van der Waals surface area contributed by atoms with E-state index in [-0.39, 0.29) is 5.91 Å². The van der Waals surface area contributed by atoms with Crippen molar-refractivity contribution in [3.8, 4) is 0 Å². The van der Waals surface area contributed by atoms with E-state index in [1.807, 2.05) is 47.3 Å². The van der Waals surface area contributed by atoms with Gasteiger partial charge in [-0.25, -0.2) is 4.68 Å². The van der Waals surface area contributed by atoms with Crippen LogP contribution >= 0.6 is 0 Å². The van der Waals surface area contributed by atoms with Gasteiger partial charge in [-0.05, 0) is 35.7 Å². The Labute approximate surface area is 168 Å². The number of hydrogen-bond acceptors (Lipinski definition) is 4. The first-order valence-electron chi connectivity index (χ1n) is 9.82. The zero-order valence-electron chi connectivity index (χ0n) is 16.1. The third-order valence-corrected chi connectivity index (χ3v) is 5.61. The van der Waals surface area contributed by atoms with Gasteiger partial charge >= 0.3 is 0 Å². The average Bonchev–Trinajstić information content (AvgIpc) is 3.14. The van der Waals surface area contributed by atoms with Crippen LogP contribution < -0.4 is 5.32 Å². The first-order chi connectivity index (χ1) is 14.2. The summed E-state index contributed by atoms with van der Waals surface area (Å²) in [5.74, 6) is 1.78. The SMILES string of the molecule is CC1Cc2nc(NC(=O)c3ccccc3)nn2CC1c1cnc2ccccc2c1. The quantitative estimate of drug-likeness (QED) is 0.579. The second-order valence-corrected chi connectivity index (χ2v) is 7.60. The number of rotatable bonds is 3. The van der Waals surface area contributed by atoms with Gasteiger partial charge in [0.05, 0.1) is 12.1 Å². The van der Waals surface area contributed by atoms with E-state index in [0.29, 0.717) is 23.3 Å². The van der Waals surface area contributed by atoms with Crippen molar-refractivity contribution in [3.05, 3.63) is 83.8 Å². The summed E-state index contributed by atoms with van der Waals surface area (Å²) >= 11 is 0. The molecular formula is C23H21N5O. The highest BCUT2D eigenvalue weighted by Crippen LogP contribution is 2.34. The van der Waals surface area contributed by atoms with Gasteiger partial charge in [-0.3, -0.25) is 15.1 Å². The molecule has 0 aliphatic carbocycles. The Morgan fingerprint density at radius 1 is 1.10 bits per heavy atom. The maximum Gasteiger partial charge on any atom is 0.258 e. The maximum absolute atomic E-state index is 12.4. The van der Waals surface area contributed by atoms with E-state index in [1.165, 1.54) is 5.56 Å². The van der Waals surface area contributed by atoms with Crippen LogP contribution in [0.3, 0.4) is 0 Å². The van der Waals surface area contributed by atoms with Gasteiger partial charge in [0, 0.05) is 29.5 Å². The standard InChI is InChI=1S/C23H21N5O/c1-15-11-21-25-23(26-22(29)16-7-3-2-4-8-16)27-28(21)14-19(15)18-12-17-9-5-6-10-20(17)24-13-18/h2-10,12-13,15,19H,11,14H2,1H3,(H,26,27,29). The average molecular weight is 383 g/mol.